The van der Waals surface area contributed by atoms with Gasteiger partial charge in [0.15, 0.2) is 5.96 Å². The smallest absolute Gasteiger partial charge is 0.191 e. The predicted molar refractivity (Wildman–Crippen MR) is 95.4 cm³/mol. The van der Waals surface area contributed by atoms with Crippen molar-refractivity contribution in [1.82, 2.24) is 20.2 Å². The second-order valence-electron chi connectivity index (χ2n) is 5.63. The van der Waals surface area contributed by atoms with Gasteiger partial charge in [0, 0.05) is 32.0 Å². The molecule has 2 N–H and O–H groups in total. The molecule has 0 saturated heterocycles. The molecule has 1 aromatic carbocycles. The number of imidazole rings is 1. The van der Waals surface area contributed by atoms with Gasteiger partial charge in [0.1, 0.15) is 11.6 Å². The van der Waals surface area contributed by atoms with Crippen LogP contribution in [0.15, 0.2) is 41.7 Å². The molecule has 0 aliphatic rings. The first-order valence-corrected chi connectivity index (χ1v) is 8.43. The van der Waals surface area contributed by atoms with E-state index in [0.29, 0.717) is 6.54 Å². The van der Waals surface area contributed by atoms with E-state index >= 15 is 0 Å². The van der Waals surface area contributed by atoms with Crippen LogP contribution in [-0.4, -0.2) is 28.6 Å². The maximum Gasteiger partial charge on any atom is 0.191 e. The molecule has 6 heteroatoms. The summed E-state index contributed by atoms with van der Waals surface area (Å²) >= 11 is 0. The number of aromatic nitrogens is 2. The van der Waals surface area contributed by atoms with Crippen LogP contribution in [0.25, 0.3) is 0 Å². The van der Waals surface area contributed by atoms with Gasteiger partial charge in [0.2, 0.25) is 0 Å². The molecule has 0 aliphatic heterocycles. The lowest BCUT2D eigenvalue weighted by atomic mass is 10.2. The van der Waals surface area contributed by atoms with Gasteiger partial charge in [-0.15, -0.1) is 0 Å². The maximum atomic E-state index is 13.2. The Labute approximate surface area is 143 Å². The highest BCUT2D eigenvalue weighted by Crippen LogP contribution is 2.04. The molecule has 0 bridgehead atoms. The second kappa shape index (κ2) is 9.70. The molecule has 0 atom stereocenters. The third-order valence-corrected chi connectivity index (χ3v) is 3.69. The van der Waals surface area contributed by atoms with Crippen LogP contribution in [0.5, 0.6) is 0 Å². The molecule has 0 amide bonds. The van der Waals surface area contributed by atoms with Crippen molar-refractivity contribution in [3.05, 3.63) is 53.9 Å². The Morgan fingerprint density at radius 3 is 2.88 bits per heavy atom. The van der Waals surface area contributed by atoms with Crippen molar-refractivity contribution in [3.63, 3.8) is 0 Å². The number of rotatable bonds is 8. The molecule has 1 aromatic heterocycles. The first-order valence-electron chi connectivity index (χ1n) is 8.43. The van der Waals surface area contributed by atoms with Gasteiger partial charge < -0.3 is 15.2 Å². The highest BCUT2D eigenvalue weighted by Gasteiger charge is 2.00. The van der Waals surface area contributed by atoms with Crippen molar-refractivity contribution < 1.29 is 4.39 Å². The number of nitrogens with zero attached hydrogens (tertiary/aromatic N) is 3. The maximum absolute atomic E-state index is 13.2. The van der Waals surface area contributed by atoms with Crippen LogP contribution in [0, 0.1) is 12.7 Å². The molecule has 2 aromatic rings. The van der Waals surface area contributed by atoms with Crippen molar-refractivity contribution in [2.75, 3.05) is 13.1 Å². The number of halogens is 1. The van der Waals surface area contributed by atoms with Crippen LogP contribution >= 0.6 is 0 Å². The summed E-state index contributed by atoms with van der Waals surface area (Å²) in [5.41, 5.74) is 0.864. The van der Waals surface area contributed by atoms with Gasteiger partial charge in [-0.3, -0.25) is 0 Å². The van der Waals surface area contributed by atoms with E-state index in [4.69, 9.17) is 0 Å². The Bertz CT molecular complexity index is 650. The lowest BCUT2D eigenvalue weighted by Gasteiger charge is -2.11. The molecule has 1 heterocycles. The zero-order valence-corrected chi connectivity index (χ0v) is 14.4. The Kier molecular flexibility index (Phi) is 7.26. The number of hydrogen-bond donors (Lipinski definition) is 2. The molecule has 0 saturated carbocycles. The number of aliphatic imine (C=N–C) groups is 1. The van der Waals surface area contributed by atoms with Gasteiger partial charge in [0.05, 0.1) is 6.54 Å². The number of nitrogens with one attached hydrogen (secondary N) is 2. The number of unbranched alkanes of at least 4 members (excludes halogenated alkanes) is 1. The number of benzene rings is 1. The summed E-state index contributed by atoms with van der Waals surface area (Å²) in [6.45, 7) is 7.12. The van der Waals surface area contributed by atoms with Crippen molar-refractivity contribution >= 4 is 5.96 Å². The average Bonchev–Trinajstić information content (AvgIpc) is 2.97. The lowest BCUT2D eigenvalue weighted by Crippen LogP contribution is -2.37. The van der Waals surface area contributed by atoms with Crippen LogP contribution in [0.2, 0.25) is 0 Å². The summed E-state index contributed by atoms with van der Waals surface area (Å²) in [6.07, 6.45) is 5.96. The van der Waals surface area contributed by atoms with E-state index in [2.05, 4.69) is 25.2 Å². The van der Waals surface area contributed by atoms with Gasteiger partial charge >= 0.3 is 0 Å². The fraction of sp³-hybridized carbons (Fsp3) is 0.444. The summed E-state index contributed by atoms with van der Waals surface area (Å²) < 4.78 is 15.3. The fourth-order valence-electron chi connectivity index (χ4n) is 2.40. The van der Waals surface area contributed by atoms with Crippen LogP contribution in [0.4, 0.5) is 4.39 Å². The molecule has 2 rings (SSSR count). The Morgan fingerprint density at radius 1 is 1.29 bits per heavy atom. The van der Waals surface area contributed by atoms with Crippen molar-refractivity contribution in [1.29, 1.82) is 0 Å². The van der Waals surface area contributed by atoms with Crippen LogP contribution < -0.4 is 10.6 Å². The quantitative estimate of drug-likeness (QED) is 0.444. The first-order chi connectivity index (χ1) is 11.7. The molecule has 0 aliphatic carbocycles. The van der Waals surface area contributed by atoms with Crippen LogP contribution in [0.1, 0.15) is 31.2 Å². The first kappa shape index (κ1) is 18.0. The molecule has 0 fully saturated rings. The largest absolute Gasteiger partial charge is 0.357 e. The van der Waals surface area contributed by atoms with Gasteiger partial charge in [-0.1, -0.05) is 12.1 Å². The molecule has 24 heavy (non-hydrogen) atoms. The Hall–Kier alpha value is -2.37. The highest BCUT2D eigenvalue weighted by atomic mass is 19.1. The molecular weight excluding hydrogens is 305 g/mol. The van der Waals surface area contributed by atoms with E-state index in [0.717, 1.165) is 49.8 Å². The van der Waals surface area contributed by atoms with E-state index < -0.39 is 0 Å². The van der Waals surface area contributed by atoms with E-state index in [1.807, 2.05) is 32.3 Å². The molecule has 130 valence electrons. The topological polar surface area (TPSA) is 54.2 Å². The predicted octanol–water partition coefficient (Wildman–Crippen LogP) is 2.87. The van der Waals surface area contributed by atoms with E-state index in [-0.39, 0.29) is 5.82 Å². The number of guanidine groups is 1. The molecule has 5 nitrogen and oxygen atoms in total. The van der Waals surface area contributed by atoms with E-state index in [1.165, 1.54) is 12.1 Å². The summed E-state index contributed by atoms with van der Waals surface area (Å²) in [4.78, 5) is 8.72. The molecule has 0 spiro atoms. The Balaban J connectivity index is 1.74. The van der Waals surface area contributed by atoms with Gasteiger partial charge in [-0.2, -0.15) is 0 Å². The minimum atomic E-state index is -0.226. The molecule has 0 radical (unpaired) electrons. The van der Waals surface area contributed by atoms with Crippen LogP contribution in [0.3, 0.4) is 0 Å². The van der Waals surface area contributed by atoms with E-state index in [1.54, 1.807) is 6.07 Å². The average molecular weight is 331 g/mol. The summed E-state index contributed by atoms with van der Waals surface area (Å²) in [5, 5.41) is 6.53. The third-order valence-electron chi connectivity index (χ3n) is 3.69. The van der Waals surface area contributed by atoms with Crippen molar-refractivity contribution in [3.8, 4) is 0 Å². The molecular formula is C18H26FN5. The Morgan fingerprint density at radius 2 is 2.17 bits per heavy atom. The standard InChI is InChI=1S/C18H26FN5/c1-3-20-18(23-14-16-7-6-8-17(19)13-16)22-9-4-5-11-24-12-10-21-15(24)2/h6-8,10,12-13H,3-5,9,11,14H2,1-2H3,(H2,20,22,23). The zero-order chi connectivity index (χ0) is 17.2. The normalized spacial score (nSPS) is 11.5. The number of hydrogen-bond acceptors (Lipinski definition) is 2. The fourth-order valence-corrected chi connectivity index (χ4v) is 2.40. The van der Waals surface area contributed by atoms with E-state index in [9.17, 15) is 4.39 Å². The summed E-state index contributed by atoms with van der Waals surface area (Å²) in [7, 11) is 0. The minimum absolute atomic E-state index is 0.226. The third kappa shape index (κ3) is 6.02. The monoisotopic (exact) mass is 331 g/mol. The zero-order valence-electron chi connectivity index (χ0n) is 14.4. The second-order valence-corrected chi connectivity index (χ2v) is 5.63. The van der Waals surface area contributed by atoms with Gasteiger partial charge in [0.25, 0.3) is 0 Å². The summed E-state index contributed by atoms with van der Waals surface area (Å²) in [5.74, 6) is 1.59. The van der Waals surface area contributed by atoms with Crippen molar-refractivity contribution in [2.24, 2.45) is 4.99 Å². The molecule has 0 unspecified atom stereocenters. The lowest BCUT2D eigenvalue weighted by molar-refractivity contribution is 0.588. The van der Waals surface area contributed by atoms with Gasteiger partial charge in [-0.05, 0) is 44.4 Å². The highest BCUT2D eigenvalue weighted by molar-refractivity contribution is 5.79. The van der Waals surface area contributed by atoms with Crippen LogP contribution in [-0.2, 0) is 13.1 Å². The summed E-state index contributed by atoms with van der Waals surface area (Å²) in [6, 6.07) is 6.54. The SMILES string of the molecule is CCNC(=NCc1cccc(F)c1)NCCCCn1ccnc1C. The number of aryl methyl sites for hydroxylation is 2. The van der Waals surface area contributed by atoms with Crippen molar-refractivity contribution in [2.45, 2.75) is 39.8 Å². The minimum Gasteiger partial charge on any atom is -0.357 e. The van der Waals surface area contributed by atoms with Gasteiger partial charge in [-0.25, -0.2) is 14.4 Å².